The van der Waals surface area contributed by atoms with Gasteiger partial charge in [0.1, 0.15) is 5.75 Å². The van der Waals surface area contributed by atoms with Gasteiger partial charge in [0, 0.05) is 32.0 Å². The van der Waals surface area contributed by atoms with Gasteiger partial charge in [-0.1, -0.05) is 30.3 Å². The van der Waals surface area contributed by atoms with Gasteiger partial charge in [-0.15, -0.1) is 13.2 Å². The second kappa shape index (κ2) is 10.3. The van der Waals surface area contributed by atoms with Crippen LogP contribution >= 0.6 is 0 Å². The fraction of sp³-hybridized carbons (Fsp3) is 0.233. The Hall–Kier alpha value is -4.44. The Labute approximate surface area is 228 Å². The molecule has 40 heavy (non-hydrogen) atoms. The molecule has 5 aromatic rings. The molecule has 1 aliphatic heterocycles. The highest BCUT2D eigenvalue weighted by Crippen LogP contribution is 2.29. The molecule has 2 aromatic carbocycles. The highest BCUT2D eigenvalue weighted by Gasteiger charge is 2.31. The summed E-state index contributed by atoms with van der Waals surface area (Å²) < 4.78 is 44.8. The largest absolute Gasteiger partial charge is 0.573 e. The predicted octanol–water partition coefficient (Wildman–Crippen LogP) is 5.90. The van der Waals surface area contributed by atoms with E-state index in [9.17, 15) is 18.0 Å². The van der Waals surface area contributed by atoms with E-state index in [1.54, 1.807) is 33.7 Å². The minimum Gasteiger partial charge on any atom is -0.406 e. The molecule has 0 bridgehead atoms. The Bertz CT molecular complexity index is 1710. The third kappa shape index (κ3) is 5.10. The van der Waals surface area contributed by atoms with Crippen LogP contribution in [0.5, 0.6) is 5.75 Å². The monoisotopic (exact) mass is 545 g/mol. The van der Waals surface area contributed by atoms with Crippen LogP contribution in [0.4, 0.5) is 13.2 Å². The lowest BCUT2D eigenvalue weighted by Gasteiger charge is -2.17. The third-order valence-corrected chi connectivity index (χ3v) is 7.28. The predicted molar refractivity (Wildman–Crippen MR) is 145 cm³/mol. The van der Waals surface area contributed by atoms with Crippen molar-refractivity contribution in [1.29, 1.82) is 0 Å². The number of pyridine rings is 2. The van der Waals surface area contributed by atoms with E-state index in [4.69, 9.17) is 0 Å². The molecule has 7 nitrogen and oxygen atoms in total. The number of aromatic nitrogens is 4. The summed E-state index contributed by atoms with van der Waals surface area (Å²) in [5.74, 6) is -0.277. The fourth-order valence-corrected chi connectivity index (χ4v) is 5.34. The Kier molecular flexibility index (Phi) is 6.63. The number of nitrogens with zero attached hydrogens (tertiary/aromatic N) is 5. The van der Waals surface area contributed by atoms with Crippen LogP contribution in [0.15, 0.2) is 90.0 Å². The number of imidazole rings is 1. The number of alkyl halides is 3. The van der Waals surface area contributed by atoms with Crippen LogP contribution in [-0.4, -0.2) is 43.5 Å². The normalized spacial score (nSPS) is 16.1. The summed E-state index contributed by atoms with van der Waals surface area (Å²) in [5, 5.41) is 0. The van der Waals surface area contributed by atoms with Crippen LogP contribution in [0, 0.1) is 6.92 Å². The highest BCUT2D eigenvalue weighted by atomic mass is 19.4. The molecule has 1 aliphatic rings. The van der Waals surface area contributed by atoms with E-state index < -0.39 is 6.36 Å². The number of halogens is 3. The maximum atomic E-state index is 13.9. The van der Waals surface area contributed by atoms with Gasteiger partial charge >= 0.3 is 12.1 Å². The molecule has 0 aliphatic carbocycles. The van der Waals surface area contributed by atoms with E-state index in [-0.39, 0.29) is 17.5 Å². The Morgan fingerprint density at radius 3 is 2.30 bits per heavy atom. The van der Waals surface area contributed by atoms with E-state index in [2.05, 4.69) is 32.6 Å². The lowest BCUT2D eigenvalue weighted by atomic mass is 10.1. The molecule has 1 saturated heterocycles. The topological polar surface area (TPSA) is 65.2 Å². The quantitative estimate of drug-likeness (QED) is 0.266. The molecule has 3 aromatic heterocycles. The second-order valence-corrected chi connectivity index (χ2v) is 9.90. The smallest absolute Gasteiger partial charge is 0.406 e. The molecule has 0 radical (unpaired) electrons. The van der Waals surface area contributed by atoms with Gasteiger partial charge in [0.2, 0.25) is 0 Å². The van der Waals surface area contributed by atoms with Gasteiger partial charge in [-0.2, -0.15) is 0 Å². The number of likely N-dealkylation sites (tertiary alicyclic amines) is 1. The van der Waals surface area contributed by atoms with Crippen molar-refractivity contribution >= 4 is 11.2 Å². The van der Waals surface area contributed by atoms with Crippen molar-refractivity contribution in [3.8, 4) is 22.6 Å². The Morgan fingerprint density at radius 2 is 1.60 bits per heavy atom. The molecule has 0 amide bonds. The molecular formula is C30H26F3N5O2. The van der Waals surface area contributed by atoms with Gasteiger partial charge in [0.05, 0.1) is 22.9 Å². The maximum absolute atomic E-state index is 13.9. The summed E-state index contributed by atoms with van der Waals surface area (Å²) >= 11 is 0. The summed E-state index contributed by atoms with van der Waals surface area (Å²) in [5.41, 5.74) is 5.59. The molecule has 0 saturated carbocycles. The second-order valence-electron chi connectivity index (χ2n) is 9.90. The van der Waals surface area contributed by atoms with Gasteiger partial charge in [-0.3, -0.25) is 19.0 Å². The minimum absolute atomic E-state index is 0.0214. The molecule has 1 atom stereocenters. The van der Waals surface area contributed by atoms with Crippen LogP contribution in [0.3, 0.4) is 0 Å². The Balaban J connectivity index is 1.27. The van der Waals surface area contributed by atoms with Crippen molar-refractivity contribution in [1.82, 2.24) is 24.0 Å². The average molecular weight is 546 g/mol. The van der Waals surface area contributed by atoms with E-state index in [0.717, 1.165) is 48.4 Å². The van der Waals surface area contributed by atoms with Crippen LogP contribution in [-0.2, 0) is 6.54 Å². The summed E-state index contributed by atoms with van der Waals surface area (Å²) in [6.45, 7) is 4.36. The molecule has 1 unspecified atom stereocenters. The molecule has 10 heteroatoms. The Morgan fingerprint density at radius 1 is 0.925 bits per heavy atom. The first-order chi connectivity index (χ1) is 19.3. The van der Waals surface area contributed by atoms with Crippen molar-refractivity contribution in [2.24, 2.45) is 0 Å². The standard InChI is InChI=1S/C30H26F3N5O2/c1-20-4-2-15-34-26(20)19-36-17-14-24(18-36)38-28-27(5-3-16-35-28)37(29(38)39)23-10-6-21(7-11-23)22-8-12-25(13-9-22)40-30(31,32)33/h2-13,15-16,24H,14,17-19H2,1H3. The number of hydrogen-bond donors (Lipinski definition) is 0. The SMILES string of the molecule is Cc1cccnc1CN1CCC(n2c(=O)n(-c3ccc(-c4ccc(OC(F)(F)F)cc4)cc3)c3cccnc32)C1. The lowest BCUT2D eigenvalue weighted by molar-refractivity contribution is -0.274. The van der Waals surface area contributed by atoms with E-state index >= 15 is 0 Å². The van der Waals surface area contributed by atoms with E-state index in [0.29, 0.717) is 16.9 Å². The first-order valence-electron chi connectivity index (χ1n) is 12.9. The average Bonchev–Trinajstić information content (AvgIpc) is 3.50. The van der Waals surface area contributed by atoms with Crippen molar-refractivity contribution < 1.29 is 17.9 Å². The summed E-state index contributed by atoms with van der Waals surface area (Å²) in [6, 6.07) is 20.7. The highest BCUT2D eigenvalue weighted by molar-refractivity contribution is 5.75. The van der Waals surface area contributed by atoms with Crippen LogP contribution in [0.1, 0.15) is 23.7 Å². The first-order valence-corrected chi connectivity index (χ1v) is 12.9. The van der Waals surface area contributed by atoms with E-state index in [1.165, 1.54) is 12.1 Å². The lowest BCUT2D eigenvalue weighted by Crippen LogP contribution is -2.29. The number of hydrogen-bond acceptors (Lipinski definition) is 5. The fourth-order valence-electron chi connectivity index (χ4n) is 5.34. The zero-order valence-corrected chi connectivity index (χ0v) is 21.7. The van der Waals surface area contributed by atoms with Gasteiger partial charge in [0.25, 0.3) is 0 Å². The zero-order valence-electron chi connectivity index (χ0n) is 21.7. The third-order valence-electron chi connectivity index (χ3n) is 7.28. The number of rotatable bonds is 6. The van der Waals surface area contributed by atoms with E-state index in [1.807, 2.05) is 42.5 Å². The van der Waals surface area contributed by atoms with Gasteiger partial charge < -0.3 is 4.74 Å². The van der Waals surface area contributed by atoms with Crippen LogP contribution in [0.25, 0.3) is 28.0 Å². The molecule has 4 heterocycles. The molecule has 1 fully saturated rings. The van der Waals surface area contributed by atoms with Crippen molar-refractivity contribution in [2.75, 3.05) is 13.1 Å². The summed E-state index contributed by atoms with van der Waals surface area (Å²) in [7, 11) is 0. The zero-order chi connectivity index (χ0) is 27.9. The summed E-state index contributed by atoms with van der Waals surface area (Å²) in [4.78, 5) is 25.3. The molecule has 6 rings (SSSR count). The maximum Gasteiger partial charge on any atom is 0.573 e. The number of fused-ring (bicyclic) bond motifs is 1. The van der Waals surface area contributed by atoms with Gasteiger partial charge in [0.15, 0.2) is 5.65 Å². The summed E-state index contributed by atoms with van der Waals surface area (Å²) in [6.07, 6.45) is -0.406. The number of ether oxygens (including phenoxy) is 1. The van der Waals surface area contributed by atoms with Crippen LogP contribution in [0.2, 0.25) is 0 Å². The number of benzene rings is 2. The molecular weight excluding hydrogens is 519 g/mol. The number of aryl methyl sites for hydroxylation is 1. The van der Waals surface area contributed by atoms with Crippen LogP contribution < -0.4 is 10.4 Å². The molecule has 204 valence electrons. The van der Waals surface area contributed by atoms with Crippen molar-refractivity contribution in [2.45, 2.75) is 32.3 Å². The van der Waals surface area contributed by atoms with Gasteiger partial charge in [-0.05, 0) is 72.5 Å². The van der Waals surface area contributed by atoms with Crippen molar-refractivity contribution in [3.05, 3.63) is 107 Å². The molecule has 0 N–H and O–H groups in total. The first kappa shape index (κ1) is 25.8. The van der Waals surface area contributed by atoms with Crippen molar-refractivity contribution in [3.63, 3.8) is 0 Å². The minimum atomic E-state index is -4.74. The van der Waals surface area contributed by atoms with Gasteiger partial charge in [-0.25, -0.2) is 9.78 Å². The molecule has 0 spiro atoms.